The number of azo groups is 1. The minimum atomic E-state index is -0.551. The van der Waals surface area contributed by atoms with Crippen molar-refractivity contribution in [2.45, 2.75) is 12.8 Å². The second kappa shape index (κ2) is 8.14. The molecule has 0 aliphatic heterocycles. The number of aliphatic hydroxyl groups is 2. The number of aliphatic hydroxyl groups excluding tert-OH is 2. The number of nitro benzene ring substituents is 1. The van der Waals surface area contributed by atoms with Gasteiger partial charge in [-0.3, -0.25) is 10.1 Å². The van der Waals surface area contributed by atoms with Crippen LogP contribution in [0.25, 0.3) is 0 Å². The molecule has 2 aromatic carbocycles. The fraction of sp³-hybridized carbons (Fsp3) is 0.250. The van der Waals surface area contributed by atoms with E-state index in [9.17, 15) is 15.2 Å². The summed E-state index contributed by atoms with van der Waals surface area (Å²) in [6.45, 7) is -0.540. The first-order chi connectivity index (χ1) is 11.6. The third-order valence-corrected chi connectivity index (χ3v) is 3.46. The first-order valence-electron chi connectivity index (χ1n) is 7.35. The summed E-state index contributed by atoms with van der Waals surface area (Å²) in [6.07, 6.45) is 0.109. The first kappa shape index (κ1) is 17.5. The van der Waals surface area contributed by atoms with E-state index in [4.69, 9.17) is 10.8 Å². The highest BCUT2D eigenvalue weighted by molar-refractivity contribution is 5.75. The summed E-state index contributed by atoms with van der Waals surface area (Å²) < 4.78 is 0. The third kappa shape index (κ3) is 3.92. The lowest BCUT2D eigenvalue weighted by atomic mass is 9.99. The Hall–Kier alpha value is -2.84. The van der Waals surface area contributed by atoms with Crippen LogP contribution in [0.5, 0.6) is 0 Å². The molecule has 0 atom stereocenters. The lowest BCUT2D eigenvalue weighted by Crippen LogP contribution is -2.07. The minimum absolute atomic E-state index is 0.0231. The zero-order chi connectivity index (χ0) is 17.5. The molecule has 8 heteroatoms. The van der Waals surface area contributed by atoms with Gasteiger partial charge in [0.2, 0.25) is 0 Å². The van der Waals surface area contributed by atoms with Crippen molar-refractivity contribution in [3.8, 4) is 0 Å². The molecule has 0 aliphatic rings. The molecule has 8 nitrogen and oxygen atoms in total. The summed E-state index contributed by atoms with van der Waals surface area (Å²) in [4.78, 5) is 10.8. The van der Waals surface area contributed by atoms with Crippen molar-refractivity contribution in [1.29, 1.82) is 0 Å². The van der Waals surface area contributed by atoms with Crippen molar-refractivity contribution in [3.63, 3.8) is 0 Å². The van der Waals surface area contributed by atoms with E-state index >= 15 is 0 Å². The molecule has 0 aliphatic carbocycles. The Kier molecular flexibility index (Phi) is 5.94. The number of anilines is 1. The molecular formula is C16H18N4O4. The van der Waals surface area contributed by atoms with Crippen LogP contribution in [0.15, 0.2) is 46.6 Å². The van der Waals surface area contributed by atoms with Crippen molar-refractivity contribution >= 4 is 22.7 Å². The van der Waals surface area contributed by atoms with Crippen LogP contribution in [-0.2, 0) is 12.8 Å². The average molecular weight is 330 g/mol. The minimum Gasteiger partial charge on any atom is -0.396 e. The zero-order valence-corrected chi connectivity index (χ0v) is 12.9. The van der Waals surface area contributed by atoms with Gasteiger partial charge in [-0.2, -0.15) is 5.11 Å². The molecule has 0 radical (unpaired) electrons. The summed E-state index contributed by atoms with van der Waals surface area (Å²) >= 11 is 0. The van der Waals surface area contributed by atoms with Gasteiger partial charge < -0.3 is 15.9 Å². The summed E-state index contributed by atoms with van der Waals surface area (Å²) in [6, 6.07) is 10.4. The smallest absolute Gasteiger partial charge is 0.278 e. The monoisotopic (exact) mass is 330 g/mol. The van der Waals surface area contributed by atoms with E-state index < -0.39 is 4.92 Å². The number of nitrogen functional groups attached to an aromatic ring is 1. The normalized spacial score (nSPS) is 11.1. The van der Waals surface area contributed by atoms with E-state index in [1.165, 1.54) is 6.07 Å². The molecule has 0 heterocycles. The Morgan fingerprint density at radius 1 is 1.08 bits per heavy atom. The number of nitro groups is 1. The van der Waals surface area contributed by atoms with Crippen LogP contribution in [0.4, 0.5) is 22.7 Å². The lowest BCUT2D eigenvalue weighted by Gasteiger charge is -2.11. The van der Waals surface area contributed by atoms with Crippen LogP contribution >= 0.6 is 0 Å². The number of benzene rings is 2. The van der Waals surface area contributed by atoms with Gasteiger partial charge in [-0.15, -0.1) is 5.11 Å². The van der Waals surface area contributed by atoms with Crippen molar-refractivity contribution in [2.75, 3.05) is 18.9 Å². The molecular weight excluding hydrogens is 312 g/mol. The van der Waals surface area contributed by atoms with E-state index in [0.29, 0.717) is 11.3 Å². The van der Waals surface area contributed by atoms with E-state index in [0.717, 1.165) is 0 Å². The Bertz CT molecular complexity index is 747. The molecule has 24 heavy (non-hydrogen) atoms. The Morgan fingerprint density at radius 3 is 2.33 bits per heavy atom. The summed E-state index contributed by atoms with van der Waals surface area (Å²) in [5.41, 5.74) is 7.33. The molecule has 0 fully saturated rings. The number of hydrogen-bond donors (Lipinski definition) is 3. The van der Waals surface area contributed by atoms with Crippen molar-refractivity contribution in [1.82, 2.24) is 0 Å². The quantitative estimate of drug-likeness (QED) is 0.310. The van der Waals surface area contributed by atoms with Gasteiger partial charge in [-0.05, 0) is 18.2 Å². The van der Waals surface area contributed by atoms with Crippen LogP contribution in [0, 0.1) is 10.1 Å². The maximum absolute atomic E-state index is 11.4. The van der Waals surface area contributed by atoms with Crippen molar-refractivity contribution in [2.24, 2.45) is 10.2 Å². The summed E-state index contributed by atoms with van der Waals surface area (Å²) in [5, 5.41) is 37.9. The fourth-order valence-electron chi connectivity index (χ4n) is 2.38. The van der Waals surface area contributed by atoms with Gasteiger partial charge in [0.1, 0.15) is 5.69 Å². The predicted octanol–water partition coefficient (Wildman–Crippen LogP) is 2.66. The predicted molar refractivity (Wildman–Crippen MR) is 89.7 cm³/mol. The van der Waals surface area contributed by atoms with Gasteiger partial charge in [-0.1, -0.05) is 18.2 Å². The first-order valence-corrected chi connectivity index (χ1v) is 7.35. The van der Waals surface area contributed by atoms with Gasteiger partial charge in [0, 0.05) is 31.6 Å². The van der Waals surface area contributed by atoms with Gasteiger partial charge in [-0.25, -0.2) is 0 Å². The number of nitrogens with two attached hydrogens (primary N) is 1. The zero-order valence-electron chi connectivity index (χ0n) is 12.9. The average Bonchev–Trinajstić information content (AvgIpc) is 2.57. The molecule has 0 aromatic heterocycles. The number of rotatable bonds is 7. The molecule has 0 unspecified atom stereocenters. The molecule has 0 amide bonds. The van der Waals surface area contributed by atoms with E-state index in [-0.39, 0.29) is 48.7 Å². The second-order valence-corrected chi connectivity index (χ2v) is 5.04. The fourth-order valence-corrected chi connectivity index (χ4v) is 2.38. The highest BCUT2D eigenvalue weighted by Crippen LogP contribution is 2.38. The molecule has 0 saturated carbocycles. The SMILES string of the molecule is Nc1c(N=Nc2ccccc2)cc(CCO)c([N+](=O)[O-])c1CCO. The highest BCUT2D eigenvalue weighted by atomic mass is 16.6. The van der Waals surface area contributed by atoms with Crippen LogP contribution < -0.4 is 5.73 Å². The molecule has 0 bridgehead atoms. The van der Waals surface area contributed by atoms with Crippen LogP contribution in [0.2, 0.25) is 0 Å². The van der Waals surface area contributed by atoms with Crippen LogP contribution in [-0.4, -0.2) is 28.4 Å². The van der Waals surface area contributed by atoms with Crippen LogP contribution in [0.1, 0.15) is 11.1 Å². The van der Waals surface area contributed by atoms with Gasteiger partial charge >= 0.3 is 0 Å². The Balaban J connectivity index is 2.55. The summed E-state index contributed by atoms with van der Waals surface area (Å²) in [5.74, 6) is 0. The van der Waals surface area contributed by atoms with Crippen molar-refractivity contribution < 1.29 is 15.1 Å². The van der Waals surface area contributed by atoms with E-state index in [1.54, 1.807) is 12.1 Å². The number of hydrogen-bond acceptors (Lipinski definition) is 7. The Labute approximate surface area is 138 Å². The molecule has 0 spiro atoms. The standard InChI is InChI=1S/C16H18N4O4/c17-15-13(7-9-22)16(20(23)24)11(6-8-21)10-14(15)19-18-12-4-2-1-3-5-12/h1-5,10,21-22H,6-9,17H2. The second-order valence-electron chi connectivity index (χ2n) is 5.04. The van der Waals surface area contributed by atoms with Gasteiger partial charge in [0.05, 0.1) is 21.9 Å². The van der Waals surface area contributed by atoms with Crippen LogP contribution in [0.3, 0.4) is 0 Å². The summed E-state index contributed by atoms with van der Waals surface area (Å²) in [7, 11) is 0. The van der Waals surface area contributed by atoms with E-state index in [2.05, 4.69) is 10.2 Å². The van der Waals surface area contributed by atoms with Gasteiger partial charge in [0.25, 0.3) is 5.69 Å². The number of nitrogens with zero attached hydrogens (tertiary/aromatic N) is 3. The molecule has 2 aromatic rings. The lowest BCUT2D eigenvalue weighted by molar-refractivity contribution is -0.386. The Morgan fingerprint density at radius 2 is 1.75 bits per heavy atom. The third-order valence-electron chi connectivity index (χ3n) is 3.46. The van der Waals surface area contributed by atoms with Crippen molar-refractivity contribution in [3.05, 3.63) is 57.6 Å². The molecule has 4 N–H and O–H groups in total. The topological polar surface area (TPSA) is 134 Å². The highest BCUT2D eigenvalue weighted by Gasteiger charge is 2.24. The maximum atomic E-state index is 11.4. The largest absolute Gasteiger partial charge is 0.396 e. The van der Waals surface area contributed by atoms with Gasteiger partial charge in [0.15, 0.2) is 0 Å². The molecule has 0 saturated heterocycles. The molecule has 126 valence electrons. The maximum Gasteiger partial charge on any atom is 0.278 e. The molecule has 2 rings (SSSR count). The van der Waals surface area contributed by atoms with E-state index in [1.807, 2.05) is 18.2 Å².